The Labute approximate surface area is 79.2 Å². The molecule has 0 amide bonds. The topological polar surface area (TPSA) is 103 Å². The van der Waals surface area contributed by atoms with Gasteiger partial charge in [-0.1, -0.05) is 5.23 Å². The third-order valence-electron chi connectivity index (χ3n) is 1.40. The molecule has 0 atom stereocenters. The lowest BCUT2D eigenvalue weighted by atomic mass is 10.5. The van der Waals surface area contributed by atoms with E-state index in [2.05, 4.69) is 0 Å². The molecule has 0 fully saturated rings. The highest BCUT2D eigenvalue weighted by atomic mass is 16.8. The fraction of sp³-hybridized carbons (Fsp3) is 0.286. The zero-order chi connectivity index (χ0) is 10.6. The van der Waals surface area contributed by atoms with Gasteiger partial charge in [-0.3, -0.25) is 10.4 Å². The minimum absolute atomic E-state index is 0.0714. The Morgan fingerprint density at radius 2 is 2.21 bits per heavy atom. The second-order valence-electron chi connectivity index (χ2n) is 2.46. The van der Waals surface area contributed by atoms with Crippen molar-refractivity contribution in [2.75, 3.05) is 18.4 Å². The molecule has 1 aromatic heterocycles. The lowest BCUT2D eigenvalue weighted by Crippen LogP contribution is -2.11. The van der Waals surface area contributed by atoms with E-state index in [0.717, 1.165) is 6.21 Å². The summed E-state index contributed by atoms with van der Waals surface area (Å²) in [5.41, 5.74) is 0. The second-order valence-corrected chi connectivity index (χ2v) is 2.46. The van der Waals surface area contributed by atoms with E-state index < -0.39 is 0 Å². The molecule has 7 heteroatoms. The number of hydrogen-bond donors (Lipinski definition) is 3. The highest BCUT2D eigenvalue weighted by Gasteiger charge is 2.06. The Balaban J connectivity index is 2.72. The molecular formula is C7H10N2O5. The minimum Gasteiger partial charge on any atom is -0.624 e. The van der Waals surface area contributed by atoms with Gasteiger partial charge in [0.1, 0.15) is 6.61 Å². The van der Waals surface area contributed by atoms with Crippen LogP contribution in [0, 0.1) is 5.21 Å². The molecule has 7 nitrogen and oxygen atoms in total. The lowest BCUT2D eigenvalue weighted by Gasteiger charge is -2.01. The Morgan fingerprint density at radius 3 is 2.71 bits per heavy atom. The molecule has 0 saturated carbocycles. The van der Waals surface area contributed by atoms with E-state index in [-0.39, 0.29) is 30.0 Å². The number of furan rings is 1. The Kier molecular flexibility index (Phi) is 3.46. The summed E-state index contributed by atoms with van der Waals surface area (Å²) in [5, 5.41) is 36.2. The molecule has 1 heterocycles. The first-order valence-corrected chi connectivity index (χ1v) is 3.80. The molecule has 0 aliphatic rings. The third-order valence-corrected chi connectivity index (χ3v) is 1.40. The van der Waals surface area contributed by atoms with Crippen molar-refractivity contribution in [3.63, 3.8) is 0 Å². The fourth-order valence-corrected chi connectivity index (χ4v) is 0.824. The average Bonchev–Trinajstić information content (AvgIpc) is 2.53. The van der Waals surface area contributed by atoms with E-state index in [1.807, 2.05) is 0 Å². The maximum absolute atomic E-state index is 10.9. The van der Waals surface area contributed by atoms with Gasteiger partial charge in [0, 0.05) is 6.07 Å². The zero-order valence-electron chi connectivity index (χ0n) is 7.20. The first-order valence-electron chi connectivity index (χ1n) is 3.80. The summed E-state index contributed by atoms with van der Waals surface area (Å²) in [6.07, 6.45) is 1.09. The van der Waals surface area contributed by atoms with Crippen molar-refractivity contribution in [3.05, 3.63) is 23.1 Å². The normalized spacial score (nSPS) is 11.8. The van der Waals surface area contributed by atoms with Crippen LogP contribution in [0.4, 0.5) is 5.88 Å². The second kappa shape index (κ2) is 4.61. The van der Waals surface area contributed by atoms with Gasteiger partial charge in [0.15, 0.2) is 12.3 Å². The summed E-state index contributed by atoms with van der Waals surface area (Å²) in [7, 11) is 0. The number of anilines is 1. The number of rotatable bonds is 4. The number of hydroxylamine groups is 1. The van der Waals surface area contributed by atoms with E-state index in [1.165, 1.54) is 12.1 Å². The maximum Gasteiger partial charge on any atom is 0.247 e. The van der Waals surface area contributed by atoms with Gasteiger partial charge in [-0.15, -0.1) is 0 Å². The number of nitrogens with zero attached hydrogens (tertiary/aromatic N) is 2. The molecule has 0 spiro atoms. The summed E-state index contributed by atoms with van der Waals surface area (Å²) < 4.78 is 5.28. The summed E-state index contributed by atoms with van der Waals surface area (Å²) in [5.74, 6) is -0.0369. The Hall–Kier alpha value is -1.57. The Bertz CT molecular complexity index is 320. The summed E-state index contributed by atoms with van der Waals surface area (Å²) in [6.45, 7) is -0.336. The molecular weight excluding hydrogens is 192 g/mol. The molecule has 14 heavy (non-hydrogen) atoms. The molecule has 0 aliphatic heterocycles. The van der Waals surface area contributed by atoms with Gasteiger partial charge in [-0.25, -0.2) is 4.74 Å². The van der Waals surface area contributed by atoms with Crippen LogP contribution in [-0.4, -0.2) is 39.6 Å². The fourth-order valence-electron chi connectivity index (χ4n) is 0.824. The highest BCUT2D eigenvalue weighted by Crippen LogP contribution is 2.13. The van der Waals surface area contributed by atoms with Crippen molar-refractivity contribution in [1.82, 2.24) is 0 Å². The van der Waals surface area contributed by atoms with Crippen LogP contribution in [0.5, 0.6) is 0 Å². The van der Waals surface area contributed by atoms with Gasteiger partial charge < -0.3 is 14.7 Å². The van der Waals surface area contributed by atoms with Crippen LogP contribution >= 0.6 is 0 Å². The first kappa shape index (κ1) is 10.5. The molecule has 1 aromatic rings. The standard InChI is InChI=1S/C7H10N2O5/c10-4-3-8(11)5-6-1-2-7(14-6)9(12)13/h1-2,5,10,12-13H,3-4H2/b8-5+. The van der Waals surface area contributed by atoms with E-state index in [0.29, 0.717) is 4.74 Å². The molecule has 78 valence electrons. The van der Waals surface area contributed by atoms with Crippen LogP contribution in [0.25, 0.3) is 0 Å². The van der Waals surface area contributed by atoms with Crippen molar-refractivity contribution in [3.8, 4) is 0 Å². The quantitative estimate of drug-likeness (QED) is 0.270. The van der Waals surface area contributed by atoms with E-state index in [1.54, 1.807) is 0 Å². The average molecular weight is 202 g/mol. The molecule has 0 aromatic carbocycles. The SMILES string of the molecule is [O-]/[N+](=C/c1ccc(N(O)O)o1)CCO. The molecule has 1 rings (SSSR count). The largest absolute Gasteiger partial charge is 0.624 e. The molecule has 0 aliphatic carbocycles. The summed E-state index contributed by atoms with van der Waals surface area (Å²) in [4.78, 5) is 0. The number of aliphatic hydroxyl groups is 1. The van der Waals surface area contributed by atoms with Crippen LogP contribution in [0.2, 0.25) is 0 Å². The maximum atomic E-state index is 10.9. The molecule has 0 unspecified atom stereocenters. The zero-order valence-corrected chi connectivity index (χ0v) is 7.20. The molecule has 0 bridgehead atoms. The van der Waals surface area contributed by atoms with Crippen molar-refractivity contribution in [2.45, 2.75) is 0 Å². The van der Waals surface area contributed by atoms with Gasteiger partial charge in [-0.05, 0) is 6.07 Å². The predicted octanol–water partition coefficient (Wildman–Crippen LogP) is -0.214. The first-order chi connectivity index (χ1) is 6.63. The van der Waals surface area contributed by atoms with Gasteiger partial charge in [0.25, 0.3) is 0 Å². The smallest absolute Gasteiger partial charge is 0.247 e. The van der Waals surface area contributed by atoms with Crippen molar-refractivity contribution in [1.29, 1.82) is 0 Å². The summed E-state index contributed by atoms with van der Waals surface area (Å²) >= 11 is 0. The van der Waals surface area contributed by atoms with Crippen molar-refractivity contribution < 1.29 is 24.7 Å². The van der Waals surface area contributed by atoms with Gasteiger partial charge in [0.05, 0.1) is 0 Å². The van der Waals surface area contributed by atoms with Gasteiger partial charge in [0.2, 0.25) is 12.1 Å². The molecule has 0 radical (unpaired) electrons. The number of hydrogen-bond acceptors (Lipinski definition) is 6. The van der Waals surface area contributed by atoms with Gasteiger partial charge in [-0.2, -0.15) is 0 Å². The third kappa shape index (κ3) is 2.73. The van der Waals surface area contributed by atoms with Crippen LogP contribution in [0.3, 0.4) is 0 Å². The van der Waals surface area contributed by atoms with Crippen molar-refractivity contribution >= 4 is 12.1 Å². The predicted molar refractivity (Wildman–Crippen MR) is 45.5 cm³/mol. The van der Waals surface area contributed by atoms with Crippen LogP contribution < -0.4 is 5.23 Å². The monoisotopic (exact) mass is 202 g/mol. The highest BCUT2D eigenvalue weighted by molar-refractivity contribution is 5.72. The molecule has 0 saturated heterocycles. The van der Waals surface area contributed by atoms with E-state index in [4.69, 9.17) is 19.9 Å². The van der Waals surface area contributed by atoms with Crippen LogP contribution in [0.1, 0.15) is 5.76 Å². The minimum atomic E-state index is -0.264. The Morgan fingerprint density at radius 1 is 1.50 bits per heavy atom. The van der Waals surface area contributed by atoms with E-state index >= 15 is 0 Å². The van der Waals surface area contributed by atoms with Crippen LogP contribution in [-0.2, 0) is 0 Å². The molecule has 3 N–H and O–H groups in total. The van der Waals surface area contributed by atoms with Crippen LogP contribution in [0.15, 0.2) is 16.5 Å². The van der Waals surface area contributed by atoms with Crippen molar-refractivity contribution in [2.24, 2.45) is 0 Å². The van der Waals surface area contributed by atoms with Gasteiger partial charge >= 0.3 is 0 Å². The number of aliphatic hydroxyl groups excluding tert-OH is 1. The summed E-state index contributed by atoms with van der Waals surface area (Å²) in [6, 6.07) is 2.66. The van der Waals surface area contributed by atoms with E-state index in [9.17, 15) is 5.21 Å². The lowest BCUT2D eigenvalue weighted by molar-refractivity contribution is -0.455.